The third-order valence-corrected chi connectivity index (χ3v) is 9.09. The molecule has 43 heavy (non-hydrogen) atoms. The van der Waals surface area contributed by atoms with Crippen molar-refractivity contribution in [3.8, 4) is 55.9 Å². The third-order valence-electron chi connectivity index (χ3n) is 7.95. The predicted molar refractivity (Wildman–Crippen MR) is 180 cm³/mol. The first-order valence-corrected chi connectivity index (χ1v) is 15.1. The van der Waals surface area contributed by atoms with E-state index in [-0.39, 0.29) is 0 Å². The van der Waals surface area contributed by atoms with Crippen LogP contribution in [0.2, 0.25) is 0 Å². The van der Waals surface area contributed by atoms with Gasteiger partial charge in [0.15, 0.2) is 0 Å². The lowest BCUT2D eigenvalue weighted by Crippen LogP contribution is -2.01. The van der Waals surface area contributed by atoms with E-state index in [0.717, 1.165) is 39.2 Å². The highest BCUT2D eigenvalue weighted by atomic mass is 32.1. The van der Waals surface area contributed by atoms with Crippen molar-refractivity contribution in [2.45, 2.75) is 0 Å². The lowest BCUT2D eigenvalue weighted by molar-refractivity contribution is 0.879. The smallest absolute Gasteiger partial charge is 0.105 e. The van der Waals surface area contributed by atoms with Crippen LogP contribution < -0.4 is 0 Å². The molecule has 4 heteroatoms. The fraction of sp³-hybridized carbons (Fsp3) is 0. The Hall–Kier alpha value is -5.45. The van der Waals surface area contributed by atoms with Gasteiger partial charge in [-0.2, -0.15) is 0 Å². The molecule has 0 saturated carbocycles. The maximum absolute atomic E-state index is 4.77. The van der Waals surface area contributed by atoms with Crippen LogP contribution in [0, 0.1) is 0 Å². The molecule has 0 spiro atoms. The minimum absolute atomic E-state index is 0.811. The molecule has 0 aliphatic heterocycles. The van der Waals surface area contributed by atoms with Crippen LogP contribution >= 0.6 is 11.3 Å². The molecule has 0 amide bonds. The van der Waals surface area contributed by atoms with E-state index < -0.39 is 0 Å². The summed E-state index contributed by atoms with van der Waals surface area (Å²) < 4.78 is 2.54. The number of rotatable bonds is 5. The summed E-state index contributed by atoms with van der Waals surface area (Å²) in [4.78, 5) is 0. The quantitative estimate of drug-likeness (QED) is 0.208. The lowest BCUT2D eigenvalue weighted by Gasteiger charge is -2.18. The number of hydrogen-bond donors (Lipinski definition) is 0. The molecule has 0 atom stereocenters. The summed E-state index contributed by atoms with van der Waals surface area (Å²) in [5.41, 5.74) is 10.4. The molecule has 2 aromatic heterocycles. The van der Waals surface area contributed by atoms with Gasteiger partial charge in [-0.05, 0) is 45.2 Å². The molecule has 8 rings (SSSR count). The van der Waals surface area contributed by atoms with Crippen molar-refractivity contribution in [2.75, 3.05) is 0 Å². The highest BCUT2D eigenvalue weighted by Gasteiger charge is 2.23. The Labute approximate surface area is 253 Å². The first-order valence-electron chi connectivity index (χ1n) is 14.3. The molecular weight excluding hydrogens is 543 g/mol. The van der Waals surface area contributed by atoms with E-state index in [9.17, 15) is 0 Å². The molecule has 8 aromatic rings. The summed E-state index contributed by atoms with van der Waals surface area (Å²) in [5.74, 6) is 0. The molecule has 0 bridgehead atoms. The zero-order chi connectivity index (χ0) is 28.6. The second kappa shape index (κ2) is 10.8. The maximum Gasteiger partial charge on any atom is 0.105 e. The van der Waals surface area contributed by atoms with Gasteiger partial charge in [0.05, 0.1) is 0 Å². The SMILES string of the molecule is c1ccc(-c2ccc3sc4ccccc4c3c2-c2ccccc2-c2nnnc(-c3ccccc3)c2-c2ccccc2)cc1. The predicted octanol–water partition coefficient (Wildman–Crippen LogP) is 10.6. The van der Waals surface area contributed by atoms with Crippen LogP contribution in [0.5, 0.6) is 0 Å². The molecule has 2 heterocycles. The first kappa shape index (κ1) is 25.3. The second-order valence-corrected chi connectivity index (χ2v) is 11.5. The van der Waals surface area contributed by atoms with Crippen molar-refractivity contribution in [3.63, 3.8) is 0 Å². The second-order valence-electron chi connectivity index (χ2n) is 10.5. The number of benzene rings is 6. The van der Waals surface area contributed by atoms with Crippen LogP contribution in [-0.2, 0) is 0 Å². The minimum atomic E-state index is 0.811. The molecule has 0 aliphatic carbocycles. The van der Waals surface area contributed by atoms with Crippen LogP contribution in [0.1, 0.15) is 0 Å². The summed E-state index contributed by atoms with van der Waals surface area (Å²) in [5, 5.41) is 16.2. The van der Waals surface area contributed by atoms with Gasteiger partial charge in [0.25, 0.3) is 0 Å². The molecule has 3 nitrogen and oxygen atoms in total. The number of nitrogens with zero attached hydrogens (tertiary/aromatic N) is 3. The van der Waals surface area contributed by atoms with Crippen molar-refractivity contribution in [1.29, 1.82) is 0 Å². The zero-order valence-corrected chi connectivity index (χ0v) is 24.0. The molecule has 0 N–H and O–H groups in total. The monoisotopic (exact) mass is 567 g/mol. The summed E-state index contributed by atoms with van der Waals surface area (Å²) in [6.07, 6.45) is 0. The molecule has 0 aliphatic rings. The molecule has 0 fully saturated rings. The highest BCUT2D eigenvalue weighted by molar-refractivity contribution is 7.26. The summed E-state index contributed by atoms with van der Waals surface area (Å²) in [6.45, 7) is 0. The van der Waals surface area contributed by atoms with Gasteiger partial charge in [-0.3, -0.25) is 0 Å². The van der Waals surface area contributed by atoms with Crippen molar-refractivity contribution in [1.82, 2.24) is 15.4 Å². The van der Waals surface area contributed by atoms with Gasteiger partial charge in [0, 0.05) is 36.9 Å². The van der Waals surface area contributed by atoms with E-state index in [1.165, 1.54) is 36.9 Å². The molecular formula is C39H25N3S. The summed E-state index contributed by atoms with van der Waals surface area (Å²) >= 11 is 1.84. The van der Waals surface area contributed by atoms with Crippen LogP contribution in [0.3, 0.4) is 0 Å². The summed E-state index contributed by atoms with van der Waals surface area (Å²) in [6, 6.07) is 53.2. The van der Waals surface area contributed by atoms with E-state index in [0.29, 0.717) is 0 Å². The van der Waals surface area contributed by atoms with Gasteiger partial charge in [-0.15, -0.1) is 21.5 Å². The third kappa shape index (κ3) is 4.40. The van der Waals surface area contributed by atoms with Gasteiger partial charge >= 0.3 is 0 Å². The Morgan fingerprint density at radius 2 is 0.953 bits per heavy atom. The highest BCUT2D eigenvalue weighted by Crippen LogP contribution is 2.48. The first-order chi connectivity index (χ1) is 21.4. The van der Waals surface area contributed by atoms with Gasteiger partial charge in [-0.25, -0.2) is 0 Å². The fourth-order valence-corrected chi connectivity index (χ4v) is 7.16. The Morgan fingerprint density at radius 3 is 1.70 bits per heavy atom. The molecule has 0 unspecified atom stereocenters. The molecule has 0 radical (unpaired) electrons. The average Bonchev–Trinajstić information content (AvgIpc) is 3.47. The fourth-order valence-electron chi connectivity index (χ4n) is 6.05. The van der Waals surface area contributed by atoms with Crippen LogP contribution in [-0.4, -0.2) is 15.4 Å². The zero-order valence-electron chi connectivity index (χ0n) is 23.2. The molecule has 6 aromatic carbocycles. The van der Waals surface area contributed by atoms with Gasteiger partial charge in [-0.1, -0.05) is 140 Å². The van der Waals surface area contributed by atoms with Crippen molar-refractivity contribution >= 4 is 31.5 Å². The Kier molecular flexibility index (Phi) is 6.32. The van der Waals surface area contributed by atoms with Crippen molar-refractivity contribution < 1.29 is 0 Å². The van der Waals surface area contributed by atoms with E-state index >= 15 is 0 Å². The standard InChI is InChI=1S/C39H25N3S/c1-4-14-26(15-5-1)29-24-25-34-37(32-22-12-13-23-33(32)43-34)36(29)30-20-10-11-21-31(30)39-35(27-16-6-2-7-17-27)38(40-42-41-39)28-18-8-3-9-19-28/h1-25H. The van der Waals surface area contributed by atoms with Gasteiger partial charge < -0.3 is 0 Å². The van der Waals surface area contributed by atoms with Crippen LogP contribution in [0.15, 0.2) is 152 Å². The number of aromatic nitrogens is 3. The van der Waals surface area contributed by atoms with E-state index in [1.807, 2.05) is 35.6 Å². The largest absolute Gasteiger partial charge is 0.135 e. The number of fused-ring (bicyclic) bond motifs is 3. The number of thiophene rings is 1. The topological polar surface area (TPSA) is 38.7 Å². The van der Waals surface area contributed by atoms with Crippen LogP contribution in [0.25, 0.3) is 76.1 Å². The van der Waals surface area contributed by atoms with Crippen molar-refractivity contribution in [3.05, 3.63) is 152 Å². The Bertz CT molecular complexity index is 2220. The molecule has 0 saturated heterocycles. The van der Waals surface area contributed by atoms with Crippen molar-refractivity contribution in [2.24, 2.45) is 0 Å². The maximum atomic E-state index is 4.77. The van der Waals surface area contributed by atoms with E-state index in [2.05, 4.69) is 138 Å². The Balaban J connectivity index is 1.49. The molecule has 202 valence electrons. The van der Waals surface area contributed by atoms with E-state index in [1.54, 1.807) is 0 Å². The Morgan fingerprint density at radius 1 is 0.372 bits per heavy atom. The summed E-state index contributed by atoms with van der Waals surface area (Å²) in [7, 11) is 0. The van der Waals surface area contributed by atoms with Gasteiger partial charge in [0.1, 0.15) is 11.4 Å². The normalized spacial score (nSPS) is 11.3. The average molecular weight is 568 g/mol. The lowest BCUT2D eigenvalue weighted by atomic mass is 9.86. The number of hydrogen-bond acceptors (Lipinski definition) is 4. The minimum Gasteiger partial charge on any atom is -0.135 e. The van der Waals surface area contributed by atoms with Gasteiger partial charge in [0.2, 0.25) is 0 Å². The van der Waals surface area contributed by atoms with Crippen LogP contribution in [0.4, 0.5) is 0 Å². The van der Waals surface area contributed by atoms with E-state index in [4.69, 9.17) is 5.10 Å².